The lowest BCUT2D eigenvalue weighted by atomic mass is 10.2. The summed E-state index contributed by atoms with van der Waals surface area (Å²) in [6.07, 6.45) is 0.973. The second-order valence-electron chi connectivity index (χ2n) is 3.79. The van der Waals surface area contributed by atoms with Gasteiger partial charge in [0.05, 0.1) is 6.42 Å². The minimum absolute atomic E-state index is 0.112. The van der Waals surface area contributed by atoms with Gasteiger partial charge in [0.15, 0.2) is 0 Å². The summed E-state index contributed by atoms with van der Waals surface area (Å²) in [7, 11) is -3.83. The number of carboxylic acid groups (broad SMARTS) is 1. The maximum absolute atomic E-state index is 10.2. The molecule has 1 aliphatic rings. The van der Waals surface area contributed by atoms with Crippen LogP contribution >= 0.6 is 0 Å². The van der Waals surface area contributed by atoms with Gasteiger partial charge in [-0.05, 0) is 12.0 Å². The molecule has 1 aliphatic heterocycles. The van der Waals surface area contributed by atoms with Crippen molar-refractivity contribution in [1.82, 2.24) is 4.31 Å². The van der Waals surface area contributed by atoms with Gasteiger partial charge in [-0.1, -0.05) is 30.3 Å². The monoisotopic (exact) mass is 273 g/mol. The molecule has 0 aromatic heterocycles. The van der Waals surface area contributed by atoms with Gasteiger partial charge in [-0.25, -0.2) is 0 Å². The molecule has 0 radical (unpaired) electrons. The maximum Gasteiger partial charge on any atom is 0.335 e. The molecule has 6 nitrogen and oxygen atoms in total. The van der Waals surface area contributed by atoms with Crippen molar-refractivity contribution >= 4 is 16.3 Å². The Labute approximate surface area is 106 Å². The first-order valence-corrected chi connectivity index (χ1v) is 6.77. The van der Waals surface area contributed by atoms with E-state index in [0.717, 1.165) is 16.3 Å². The number of aliphatic carboxylic acids is 1. The SMILES string of the molecule is O=C(O)Cc1ccccc1.O=S(=O)(O)N1CCC1. The van der Waals surface area contributed by atoms with Gasteiger partial charge in [-0.2, -0.15) is 12.7 Å². The van der Waals surface area contributed by atoms with Crippen LogP contribution in [0.3, 0.4) is 0 Å². The Bertz CT molecular complexity index is 481. The maximum atomic E-state index is 10.2. The number of nitrogens with zero attached hydrogens (tertiary/aromatic N) is 1. The molecule has 0 atom stereocenters. The van der Waals surface area contributed by atoms with E-state index >= 15 is 0 Å². The minimum Gasteiger partial charge on any atom is -0.481 e. The van der Waals surface area contributed by atoms with Crippen LogP contribution in [0.2, 0.25) is 0 Å². The van der Waals surface area contributed by atoms with Crippen LogP contribution in [0, 0.1) is 0 Å². The Kier molecular flexibility index (Phi) is 5.26. The molecular formula is C11H15NO5S. The Morgan fingerprint density at radius 2 is 1.78 bits per heavy atom. The lowest BCUT2D eigenvalue weighted by molar-refractivity contribution is -0.136. The molecule has 18 heavy (non-hydrogen) atoms. The number of benzene rings is 1. The van der Waals surface area contributed by atoms with Gasteiger partial charge >= 0.3 is 16.3 Å². The largest absolute Gasteiger partial charge is 0.481 e. The lowest BCUT2D eigenvalue weighted by Gasteiger charge is -2.25. The Hall–Kier alpha value is -1.44. The van der Waals surface area contributed by atoms with Crippen LogP contribution in [-0.4, -0.2) is 41.4 Å². The van der Waals surface area contributed by atoms with E-state index in [1.807, 2.05) is 18.2 Å². The van der Waals surface area contributed by atoms with E-state index in [9.17, 15) is 13.2 Å². The highest BCUT2D eigenvalue weighted by atomic mass is 32.2. The molecule has 0 aliphatic carbocycles. The van der Waals surface area contributed by atoms with Crippen LogP contribution in [-0.2, 0) is 21.5 Å². The average molecular weight is 273 g/mol. The first-order valence-electron chi connectivity index (χ1n) is 5.38. The zero-order valence-electron chi connectivity index (χ0n) is 9.69. The van der Waals surface area contributed by atoms with E-state index in [2.05, 4.69) is 0 Å². The first-order chi connectivity index (χ1) is 8.39. The van der Waals surface area contributed by atoms with Gasteiger partial charge < -0.3 is 5.11 Å². The number of carboxylic acids is 1. The fourth-order valence-corrected chi connectivity index (χ4v) is 2.01. The van der Waals surface area contributed by atoms with Crippen molar-refractivity contribution < 1.29 is 22.9 Å². The molecule has 2 N–H and O–H groups in total. The van der Waals surface area contributed by atoms with Crippen LogP contribution in [0.15, 0.2) is 30.3 Å². The molecule has 100 valence electrons. The molecule has 1 fully saturated rings. The van der Waals surface area contributed by atoms with Crippen LogP contribution < -0.4 is 0 Å². The van der Waals surface area contributed by atoms with E-state index in [1.165, 1.54) is 0 Å². The van der Waals surface area contributed by atoms with Crippen molar-refractivity contribution in [3.63, 3.8) is 0 Å². The molecule has 7 heteroatoms. The molecule has 1 saturated heterocycles. The lowest BCUT2D eigenvalue weighted by Crippen LogP contribution is -2.41. The molecule has 0 unspecified atom stereocenters. The van der Waals surface area contributed by atoms with Gasteiger partial charge in [0, 0.05) is 13.1 Å². The third kappa shape index (κ3) is 5.26. The summed E-state index contributed by atoms with van der Waals surface area (Å²) in [5.74, 6) is -0.786. The van der Waals surface area contributed by atoms with Crippen molar-refractivity contribution in [1.29, 1.82) is 0 Å². The average Bonchev–Trinajstić information content (AvgIpc) is 2.13. The van der Waals surface area contributed by atoms with Crippen molar-refractivity contribution in [2.45, 2.75) is 12.8 Å². The van der Waals surface area contributed by atoms with Gasteiger partial charge in [0.25, 0.3) is 0 Å². The van der Waals surface area contributed by atoms with E-state index in [-0.39, 0.29) is 6.42 Å². The molecule has 2 rings (SSSR count). The number of hydrogen-bond donors (Lipinski definition) is 2. The van der Waals surface area contributed by atoms with Crippen molar-refractivity contribution in [2.24, 2.45) is 0 Å². The number of hydrogen-bond acceptors (Lipinski definition) is 3. The van der Waals surface area contributed by atoms with Gasteiger partial charge in [0.1, 0.15) is 0 Å². The predicted molar refractivity (Wildman–Crippen MR) is 65.5 cm³/mol. The highest BCUT2D eigenvalue weighted by molar-refractivity contribution is 7.83. The summed E-state index contributed by atoms with van der Waals surface area (Å²) < 4.78 is 29.4. The second kappa shape index (κ2) is 6.48. The highest BCUT2D eigenvalue weighted by Gasteiger charge is 2.24. The number of rotatable bonds is 3. The summed E-state index contributed by atoms with van der Waals surface area (Å²) in [5, 5.41) is 8.37. The molecule has 1 heterocycles. The quantitative estimate of drug-likeness (QED) is 0.795. The fraction of sp³-hybridized carbons (Fsp3) is 0.364. The molecule has 1 aromatic carbocycles. The third-order valence-electron chi connectivity index (χ3n) is 2.34. The van der Waals surface area contributed by atoms with Crippen LogP contribution in [0.5, 0.6) is 0 Å². The van der Waals surface area contributed by atoms with Crippen LogP contribution in [0.1, 0.15) is 12.0 Å². The minimum atomic E-state index is -3.83. The Balaban J connectivity index is 0.000000184. The van der Waals surface area contributed by atoms with E-state index in [0.29, 0.717) is 13.1 Å². The molecular weight excluding hydrogens is 258 g/mol. The van der Waals surface area contributed by atoms with E-state index in [4.69, 9.17) is 9.66 Å². The molecule has 0 saturated carbocycles. The smallest absolute Gasteiger partial charge is 0.335 e. The van der Waals surface area contributed by atoms with Gasteiger partial charge in [-0.3, -0.25) is 9.35 Å². The molecule has 0 amide bonds. The topological polar surface area (TPSA) is 94.9 Å². The summed E-state index contributed by atoms with van der Waals surface area (Å²) in [5.41, 5.74) is 0.843. The highest BCUT2D eigenvalue weighted by Crippen LogP contribution is 2.08. The van der Waals surface area contributed by atoms with E-state index < -0.39 is 16.3 Å². The normalized spacial score (nSPS) is 15.2. The zero-order chi connectivity index (χ0) is 13.6. The Morgan fingerprint density at radius 3 is 2.06 bits per heavy atom. The molecule has 0 bridgehead atoms. The summed E-state index contributed by atoms with van der Waals surface area (Å²) >= 11 is 0. The predicted octanol–water partition coefficient (Wildman–Crippen LogP) is 0.809. The Morgan fingerprint density at radius 1 is 1.22 bits per heavy atom. The van der Waals surface area contributed by atoms with Crippen LogP contribution in [0.4, 0.5) is 0 Å². The van der Waals surface area contributed by atoms with Gasteiger partial charge in [0.2, 0.25) is 0 Å². The first kappa shape index (κ1) is 14.6. The van der Waals surface area contributed by atoms with Crippen LogP contribution in [0.25, 0.3) is 0 Å². The summed E-state index contributed by atoms with van der Waals surface area (Å²) in [6.45, 7) is 0.942. The summed E-state index contributed by atoms with van der Waals surface area (Å²) in [6, 6.07) is 9.13. The van der Waals surface area contributed by atoms with Crippen molar-refractivity contribution in [2.75, 3.05) is 13.1 Å². The van der Waals surface area contributed by atoms with Crippen molar-refractivity contribution in [3.8, 4) is 0 Å². The van der Waals surface area contributed by atoms with Gasteiger partial charge in [-0.15, -0.1) is 0 Å². The third-order valence-corrected chi connectivity index (χ3v) is 3.36. The zero-order valence-corrected chi connectivity index (χ0v) is 10.5. The van der Waals surface area contributed by atoms with E-state index in [1.54, 1.807) is 12.1 Å². The standard InChI is InChI=1S/C8H8O2.C3H7NO3S/c9-8(10)6-7-4-2-1-3-5-7;5-8(6,7)4-2-1-3-4/h1-5H,6H2,(H,9,10);1-3H2,(H,5,6,7). The number of carbonyl (C=O) groups is 1. The second-order valence-corrected chi connectivity index (χ2v) is 5.20. The fourth-order valence-electron chi connectivity index (χ4n) is 1.29. The van der Waals surface area contributed by atoms with Crippen molar-refractivity contribution in [3.05, 3.63) is 35.9 Å². The molecule has 0 spiro atoms. The molecule has 1 aromatic rings. The summed E-state index contributed by atoms with van der Waals surface area (Å²) in [4.78, 5) is 10.2.